The van der Waals surface area contributed by atoms with Gasteiger partial charge in [-0.3, -0.25) is 4.79 Å². The van der Waals surface area contributed by atoms with Crippen molar-refractivity contribution in [3.63, 3.8) is 0 Å². The summed E-state index contributed by atoms with van der Waals surface area (Å²) in [6.07, 6.45) is 1.11. The third-order valence-electron chi connectivity index (χ3n) is 3.00. The van der Waals surface area contributed by atoms with Crippen LogP contribution in [0.1, 0.15) is 32.8 Å². The quantitative estimate of drug-likeness (QED) is 0.744. The van der Waals surface area contributed by atoms with Crippen LogP contribution in [0.3, 0.4) is 0 Å². The highest BCUT2D eigenvalue weighted by molar-refractivity contribution is 5.96. The van der Waals surface area contributed by atoms with Gasteiger partial charge in [0, 0.05) is 19.3 Å². The molecule has 1 amide bonds. The number of hydrogen-bond acceptors (Lipinski definition) is 3. The first-order valence-electron chi connectivity index (χ1n) is 6.66. The lowest BCUT2D eigenvalue weighted by Crippen LogP contribution is -2.38. The van der Waals surface area contributed by atoms with Crippen molar-refractivity contribution in [3.8, 4) is 0 Å². The van der Waals surface area contributed by atoms with Crippen LogP contribution in [0.2, 0.25) is 0 Å². The van der Waals surface area contributed by atoms with Crippen LogP contribution < -0.4 is 10.6 Å². The van der Waals surface area contributed by atoms with Gasteiger partial charge in [0.25, 0.3) is 5.91 Å². The molecule has 4 nitrogen and oxygen atoms in total. The van der Waals surface area contributed by atoms with E-state index in [0.29, 0.717) is 0 Å². The Balaban J connectivity index is 2.64. The summed E-state index contributed by atoms with van der Waals surface area (Å²) in [5, 5.41) is 6.21. The first-order valence-corrected chi connectivity index (χ1v) is 6.66. The Bertz CT molecular complexity index is 416. The summed E-state index contributed by atoms with van der Waals surface area (Å²) >= 11 is 0. The molecule has 0 aliphatic carbocycles. The zero-order valence-corrected chi connectivity index (χ0v) is 12.2. The second-order valence-electron chi connectivity index (χ2n) is 5.05. The zero-order chi connectivity index (χ0) is 14.3. The molecule has 0 radical (unpaired) electrons. The molecular formula is C15H24N2O2. The summed E-state index contributed by atoms with van der Waals surface area (Å²) in [6, 6.07) is 7.84. The molecule has 0 atom stereocenters. The van der Waals surface area contributed by atoms with Crippen molar-refractivity contribution < 1.29 is 9.53 Å². The molecule has 19 heavy (non-hydrogen) atoms. The summed E-state index contributed by atoms with van der Waals surface area (Å²) in [6.45, 7) is 7.43. The minimum Gasteiger partial charge on any atom is -0.369 e. The summed E-state index contributed by atoms with van der Waals surface area (Å²) in [5.41, 5.74) is 1.13. The molecular weight excluding hydrogens is 240 g/mol. The predicted molar refractivity (Wildman–Crippen MR) is 78.2 cm³/mol. The molecule has 0 aliphatic heterocycles. The molecule has 0 saturated carbocycles. The molecule has 0 aromatic heterocycles. The Morgan fingerprint density at radius 2 is 2.11 bits per heavy atom. The maximum Gasteiger partial charge on any atom is 0.256 e. The van der Waals surface area contributed by atoms with Crippen molar-refractivity contribution in [1.29, 1.82) is 0 Å². The summed E-state index contributed by atoms with van der Waals surface area (Å²) in [7, 11) is 1.53. The number of rotatable bonds is 7. The van der Waals surface area contributed by atoms with Gasteiger partial charge in [-0.15, -0.1) is 0 Å². The molecule has 1 rings (SSSR count). The Morgan fingerprint density at radius 1 is 1.37 bits per heavy atom. The number of ether oxygens (including phenoxy) is 1. The fourth-order valence-corrected chi connectivity index (χ4v) is 1.54. The lowest BCUT2D eigenvalue weighted by atomic mass is 10.1. The van der Waals surface area contributed by atoms with E-state index in [0.717, 1.165) is 30.8 Å². The van der Waals surface area contributed by atoms with Crippen molar-refractivity contribution in [2.45, 2.75) is 39.3 Å². The van der Waals surface area contributed by atoms with E-state index in [4.69, 9.17) is 4.74 Å². The number of carbonyl (C=O) groups is 1. The van der Waals surface area contributed by atoms with E-state index >= 15 is 0 Å². The standard InChI is InChI=1S/C15H24N2O2/c1-5-9-16-11-12-7-6-8-13(10-12)17-14(18)15(2,3)19-4/h6-8,10,16H,5,9,11H2,1-4H3,(H,17,18). The fourth-order valence-electron chi connectivity index (χ4n) is 1.54. The molecule has 1 aromatic carbocycles. The monoisotopic (exact) mass is 264 g/mol. The normalized spacial score (nSPS) is 11.4. The van der Waals surface area contributed by atoms with E-state index in [1.165, 1.54) is 7.11 Å². The number of hydrogen-bond donors (Lipinski definition) is 2. The third-order valence-corrected chi connectivity index (χ3v) is 3.00. The van der Waals surface area contributed by atoms with Crippen LogP contribution in [-0.2, 0) is 16.1 Å². The third kappa shape index (κ3) is 5.01. The summed E-state index contributed by atoms with van der Waals surface area (Å²) in [5.74, 6) is -0.145. The van der Waals surface area contributed by atoms with Gasteiger partial charge in [0.15, 0.2) is 0 Å². The minimum atomic E-state index is -0.823. The van der Waals surface area contributed by atoms with Gasteiger partial charge in [-0.2, -0.15) is 0 Å². The van der Waals surface area contributed by atoms with Gasteiger partial charge < -0.3 is 15.4 Å². The highest BCUT2D eigenvalue weighted by Gasteiger charge is 2.26. The van der Waals surface area contributed by atoms with Gasteiger partial charge in [0.2, 0.25) is 0 Å². The molecule has 0 unspecified atom stereocenters. The van der Waals surface area contributed by atoms with Crippen molar-refractivity contribution in [1.82, 2.24) is 5.32 Å². The molecule has 106 valence electrons. The Hall–Kier alpha value is -1.39. The Labute approximate surface area is 115 Å². The largest absolute Gasteiger partial charge is 0.369 e. The molecule has 1 aromatic rings. The van der Waals surface area contributed by atoms with Crippen LogP contribution in [0.25, 0.3) is 0 Å². The average molecular weight is 264 g/mol. The number of nitrogens with one attached hydrogen (secondary N) is 2. The van der Waals surface area contributed by atoms with Crippen LogP contribution in [-0.4, -0.2) is 25.2 Å². The second kappa shape index (κ2) is 7.26. The van der Waals surface area contributed by atoms with Gasteiger partial charge in [0.1, 0.15) is 5.60 Å². The van der Waals surface area contributed by atoms with Gasteiger partial charge in [-0.25, -0.2) is 0 Å². The van der Waals surface area contributed by atoms with Crippen molar-refractivity contribution in [2.75, 3.05) is 19.0 Å². The van der Waals surface area contributed by atoms with Gasteiger partial charge in [-0.1, -0.05) is 19.1 Å². The van der Waals surface area contributed by atoms with Crippen molar-refractivity contribution in [3.05, 3.63) is 29.8 Å². The molecule has 0 saturated heterocycles. The predicted octanol–water partition coefficient (Wildman–Crippen LogP) is 2.55. The van der Waals surface area contributed by atoms with Crippen LogP contribution in [0.15, 0.2) is 24.3 Å². The van der Waals surface area contributed by atoms with Crippen LogP contribution in [0.4, 0.5) is 5.69 Å². The highest BCUT2D eigenvalue weighted by atomic mass is 16.5. The maximum absolute atomic E-state index is 12.0. The summed E-state index contributed by atoms with van der Waals surface area (Å²) < 4.78 is 5.16. The van der Waals surface area contributed by atoms with E-state index in [2.05, 4.69) is 17.6 Å². The van der Waals surface area contributed by atoms with E-state index in [1.807, 2.05) is 24.3 Å². The fraction of sp³-hybridized carbons (Fsp3) is 0.533. The molecule has 0 bridgehead atoms. The zero-order valence-electron chi connectivity index (χ0n) is 12.2. The molecule has 0 fully saturated rings. The van der Waals surface area contributed by atoms with Crippen LogP contribution in [0.5, 0.6) is 0 Å². The smallest absolute Gasteiger partial charge is 0.256 e. The molecule has 2 N–H and O–H groups in total. The van der Waals surface area contributed by atoms with Crippen molar-refractivity contribution >= 4 is 11.6 Å². The first-order chi connectivity index (χ1) is 8.99. The van der Waals surface area contributed by atoms with Crippen LogP contribution in [0, 0.1) is 0 Å². The molecule has 0 aliphatic rings. The number of anilines is 1. The summed E-state index contributed by atoms with van der Waals surface area (Å²) in [4.78, 5) is 12.0. The Kier molecular flexibility index (Phi) is 5.99. The SMILES string of the molecule is CCCNCc1cccc(NC(=O)C(C)(C)OC)c1. The van der Waals surface area contributed by atoms with Crippen LogP contribution >= 0.6 is 0 Å². The Morgan fingerprint density at radius 3 is 2.74 bits per heavy atom. The topological polar surface area (TPSA) is 50.4 Å². The van der Waals surface area contributed by atoms with Crippen molar-refractivity contribution in [2.24, 2.45) is 0 Å². The first kappa shape index (κ1) is 15.7. The number of amides is 1. The van der Waals surface area contributed by atoms with E-state index < -0.39 is 5.60 Å². The van der Waals surface area contributed by atoms with E-state index in [1.54, 1.807) is 13.8 Å². The molecule has 0 heterocycles. The number of methoxy groups -OCH3 is 1. The lowest BCUT2D eigenvalue weighted by Gasteiger charge is -2.21. The molecule has 0 spiro atoms. The van der Waals surface area contributed by atoms with E-state index in [9.17, 15) is 4.79 Å². The number of benzene rings is 1. The van der Waals surface area contributed by atoms with Gasteiger partial charge in [0.05, 0.1) is 0 Å². The lowest BCUT2D eigenvalue weighted by molar-refractivity contribution is -0.133. The highest BCUT2D eigenvalue weighted by Crippen LogP contribution is 2.15. The van der Waals surface area contributed by atoms with Gasteiger partial charge in [-0.05, 0) is 44.5 Å². The maximum atomic E-state index is 12.0. The van der Waals surface area contributed by atoms with E-state index in [-0.39, 0.29) is 5.91 Å². The number of carbonyl (C=O) groups excluding carboxylic acids is 1. The second-order valence-corrected chi connectivity index (χ2v) is 5.05. The minimum absolute atomic E-state index is 0.145. The average Bonchev–Trinajstić information content (AvgIpc) is 2.39. The molecule has 4 heteroatoms. The van der Waals surface area contributed by atoms with Gasteiger partial charge >= 0.3 is 0 Å².